The average molecular weight is 311 g/mol. The van der Waals surface area contributed by atoms with E-state index >= 15 is 0 Å². The van der Waals surface area contributed by atoms with Crippen molar-refractivity contribution >= 4 is 23.6 Å². The number of hydrogen-bond acceptors (Lipinski definition) is 3. The van der Waals surface area contributed by atoms with Gasteiger partial charge in [0, 0.05) is 24.4 Å². The second-order valence-corrected chi connectivity index (χ2v) is 6.03. The summed E-state index contributed by atoms with van der Waals surface area (Å²) >= 11 is 1.49. The maximum Gasteiger partial charge on any atom is 0.308 e. The monoisotopic (exact) mass is 311 g/mol. The van der Waals surface area contributed by atoms with Crippen LogP contribution < -0.4 is 0 Å². The van der Waals surface area contributed by atoms with Gasteiger partial charge in [-0.2, -0.15) is 11.8 Å². The first-order chi connectivity index (χ1) is 10.0. The second kappa shape index (κ2) is 6.93. The molecular formula is C15H18FNO3S. The number of carboxylic acid groups (broad SMARTS) is 1. The quantitative estimate of drug-likeness (QED) is 0.928. The van der Waals surface area contributed by atoms with Gasteiger partial charge in [0.1, 0.15) is 5.82 Å². The van der Waals surface area contributed by atoms with Crippen molar-refractivity contribution in [2.45, 2.75) is 18.6 Å². The molecule has 0 aromatic heterocycles. The van der Waals surface area contributed by atoms with Gasteiger partial charge >= 0.3 is 5.97 Å². The van der Waals surface area contributed by atoms with Crippen LogP contribution in [0.1, 0.15) is 28.8 Å². The Morgan fingerprint density at radius 1 is 1.48 bits per heavy atom. The minimum absolute atomic E-state index is 0.219. The molecule has 1 unspecified atom stereocenters. The molecule has 21 heavy (non-hydrogen) atoms. The molecule has 4 nitrogen and oxygen atoms in total. The lowest BCUT2D eigenvalue weighted by Gasteiger charge is -2.30. The first-order valence-corrected chi connectivity index (χ1v) is 8.21. The highest BCUT2D eigenvalue weighted by molar-refractivity contribution is 7.97. The van der Waals surface area contributed by atoms with Gasteiger partial charge < -0.3 is 10.0 Å². The van der Waals surface area contributed by atoms with E-state index in [0.29, 0.717) is 36.3 Å². The number of carbonyl (C=O) groups is 2. The van der Waals surface area contributed by atoms with Crippen molar-refractivity contribution in [2.75, 3.05) is 19.3 Å². The number of carbonyl (C=O) groups excluding carboxylic acids is 1. The van der Waals surface area contributed by atoms with Crippen LogP contribution in [-0.2, 0) is 10.5 Å². The minimum Gasteiger partial charge on any atom is -0.481 e. The molecular weight excluding hydrogens is 293 g/mol. The lowest BCUT2D eigenvalue weighted by Crippen LogP contribution is -2.42. The van der Waals surface area contributed by atoms with Gasteiger partial charge in [0.15, 0.2) is 0 Å². The van der Waals surface area contributed by atoms with E-state index < -0.39 is 11.9 Å². The second-order valence-electron chi connectivity index (χ2n) is 5.17. The molecule has 1 aliphatic heterocycles. The fourth-order valence-electron chi connectivity index (χ4n) is 2.52. The zero-order valence-electron chi connectivity index (χ0n) is 11.8. The molecule has 1 N–H and O–H groups in total. The van der Waals surface area contributed by atoms with Crippen molar-refractivity contribution in [3.63, 3.8) is 0 Å². The molecule has 1 heterocycles. The van der Waals surface area contributed by atoms with Crippen molar-refractivity contribution in [1.82, 2.24) is 4.90 Å². The highest BCUT2D eigenvalue weighted by Gasteiger charge is 2.28. The Labute approximate surface area is 127 Å². The summed E-state index contributed by atoms with van der Waals surface area (Å²) in [6.07, 6.45) is 3.15. The number of amides is 1. The summed E-state index contributed by atoms with van der Waals surface area (Å²) in [5, 5.41) is 9.07. The Balaban J connectivity index is 2.15. The third-order valence-corrected chi connectivity index (χ3v) is 4.25. The van der Waals surface area contributed by atoms with Crippen LogP contribution in [0.5, 0.6) is 0 Å². The molecule has 1 fully saturated rings. The summed E-state index contributed by atoms with van der Waals surface area (Å²) in [6, 6.07) is 4.34. The fourth-order valence-corrected chi connectivity index (χ4v) is 3.05. The summed E-state index contributed by atoms with van der Waals surface area (Å²) < 4.78 is 13.6. The van der Waals surface area contributed by atoms with Crippen LogP contribution in [0.4, 0.5) is 4.39 Å². The maximum atomic E-state index is 13.6. The molecule has 0 radical (unpaired) electrons. The molecule has 1 amide bonds. The van der Waals surface area contributed by atoms with Gasteiger partial charge in [0.2, 0.25) is 0 Å². The predicted molar refractivity (Wildman–Crippen MR) is 79.9 cm³/mol. The van der Waals surface area contributed by atoms with Crippen LogP contribution >= 0.6 is 11.8 Å². The molecule has 114 valence electrons. The van der Waals surface area contributed by atoms with Crippen LogP contribution in [0.2, 0.25) is 0 Å². The molecule has 0 spiro atoms. The van der Waals surface area contributed by atoms with Crippen molar-refractivity contribution in [2.24, 2.45) is 5.92 Å². The number of rotatable bonds is 4. The maximum absolute atomic E-state index is 13.6. The Hall–Kier alpha value is -1.56. The molecule has 1 aliphatic rings. The van der Waals surface area contributed by atoms with Crippen LogP contribution in [0.25, 0.3) is 0 Å². The summed E-state index contributed by atoms with van der Waals surface area (Å²) in [5.41, 5.74) is 0.923. The molecule has 6 heteroatoms. The van der Waals surface area contributed by atoms with Gasteiger partial charge in [-0.25, -0.2) is 4.39 Å². The number of likely N-dealkylation sites (tertiary alicyclic amines) is 1. The van der Waals surface area contributed by atoms with Crippen LogP contribution in [-0.4, -0.2) is 41.2 Å². The van der Waals surface area contributed by atoms with Crippen LogP contribution in [0, 0.1) is 11.7 Å². The Morgan fingerprint density at radius 3 is 2.90 bits per heavy atom. The van der Waals surface area contributed by atoms with E-state index in [1.807, 2.05) is 6.26 Å². The lowest BCUT2D eigenvalue weighted by atomic mass is 9.97. The smallest absolute Gasteiger partial charge is 0.308 e. The third kappa shape index (κ3) is 3.75. The zero-order valence-corrected chi connectivity index (χ0v) is 12.7. The first-order valence-electron chi connectivity index (χ1n) is 6.82. The number of piperidine rings is 1. The fraction of sp³-hybridized carbons (Fsp3) is 0.467. The van der Waals surface area contributed by atoms with Crippen LogP contribution in [0.15, 0.2) is 18.2 Å². The van der Waals surface area contributed by atoms with Crippen LogP contribution in [0.3, 0.4) is 0 Å². The molecule has 0 saturated carbocycles. The Kier molecular flexibility index (Phi) is 5.22. The average Bonchev–Trinajstić information content (AvgIpc) is 2.49. The molecule has 1 aromatic rings. The topological polar surface area (TPSA) is 57.6 Å². The van der Waals surface area contributed by atoms with Crippen molar-refractivity contribution in [3.05, 3.63) is 35.1 Å². The van der Waals surface area contributed by atoms with Gasteiger partial charge in [-0.3, -0.25) is 9.59 Å². The third-order valence-electron chi connectivity index (χ3n) is 3.65. The molecule has 1 saturated heterocycles. The summed E-state index contributed by atoms with van der Waals surface area (Å²) in [7, 11) is 0. The van der Waals surface area contributed by atoms with E-state index in [4.69, 9.17) is 5.11 Å². The van der Waals surface area contributed by atoms with E-state index in [1.165, 1.54) is 23.9 Å². The van der Waals surface area contributed by atoms with E-state index in [0.717, 1.165) is 0 Å². The van der Waals surface area contributed by atoms with Gasteiger partial charge in [0.25, 0.3) is 5.91 Å². The normalized spacial score (nSPS) is 18.6. The summed E-state index contributed by atoms with van der Waals surface area (Å²) in [4.78, 5) is 25.0. The number of aliphatic carboxylic acids is 1. The molecule has 1 aromatic carbocycles. The molecule has 1 atom stereocenters. The highest BCUT2D eigenvalue weighted by atomic mass is 32.2. The molecule has 0 aliphatic carbocycles. The van der Waals surface area contributed by atoms with E-state index in [9.17, 15) is 14.0 Å². The summed E-state index contributed by atoms with van der Waals surface area (Å²) in [6.45, 7) is 0.779. The number of benzene rings is 1. The number of halogens is 1. The number of nitrogens with zero attached hydrogens (tertiary/aromatic N) is 1. The standard InChI is InChI=1S/C15H18FNO3S/c1-21-9-12-7-10(4-5-13(12)16)14(18)17-6-2-3-11(8-17)15(19)20/h4-5,7,11H,2-3,6,8-9H2,1H3,(H,19,20). The van der Waals surface area contributed by atoms with E-state index in [-0.39, 0.29) is 18.3 Å². The highest BCUT2D eigenvalue weighted by Crippen LogP contribution is 2.21. The molecule has 2 rings (SSSR count). The van der Waals surface area contributed by atoms with E-state index in [2.05, 4.69) is 0 Å². The largest absolute Gasteiger partial charge is 0.481 e. The van der Waals surface area contributed by atoms with Gasteiger partial charge in [-0.1, -0.05) is 0 Å². The minimum atomic E-state index is -0.866. The molecule has 0 bridgehead atoms. The predicted octanol–water partition coefficient (Wildman–Crippen LogP) is 2.63. The van der Waals surface area contributed by atoms with Gasteiger partial charge in [0.05, 0.1) is 5.92 Å². The number of hydrogen-bond donors (Lipinski definition) is 1. The summed E-state index contributed by atoms with van der Waals surface area (Å²) in [5.74, 6) is -1.40. The zero-order chi connectivity index (χ0) is 15.4. The number of carboxylic acids is 1. The van der Waals surface area contributed by atoms with Gasteiger partial charge in [-0.05, 0) is 42.9 Å². The van der Waals surface area contributed by atoms with Crippen molar-refractivity contribution < 1.29 is 19.1 Å². The van der Waals surface area contributed by atoms with Gasteiger partial charge in [-0.15, -0.1) is 0 Å². The lowest BCUT2D eigenvalue weighted by molar-refractivity contribution is -0.143. The van der Waals surface area contributed by atoms with E-state index in [1.54, 1.807) is 11.0 Å². The Bertz CT molecular complexity index is 550. The first kappa shape index (κ1) is 15.8. The SMILES string of the molecule is CSCc1cc(C(=O)N2CCCC(C(=O)O)C2)ccc1F. The number of thioether (sulfide) groups is 1. The van der Waals surface area contributed by atoms with Crippen molar-refractivity contribution in [3.8, 4) is 0 Å². The van der Waals surface area contributed by atoms with Crippen molar-refractivity contribution in [1.29, 1.82) is 0 Å². The Morgan fingerprint density at radius 2 is 2.24 bits per heavy atom.